The summed E-state index contributed by atoms with van der Waals surface area (Å²) in [5, 5.41) is 4.53. The number of aromatic nitrogens is 1. The fourth-order valence-corrected chi connectivity index (χ4v) is 2.88. The molecule has 1 heterocycles. The molecule has 0 aliphatic carbocycles. The molecule has 4 heteroatoms. The summed E-state index contributed by atoms with van der Waals surface area (Å²) >= 11 is 5.23. The average molecular weight is 285 g/mol. The summed E-state index contributed by atoms with van der Waals surface area (Å²) in [6.45, 7) is 4.10. The molecular formula is C11H13BrN2S. The molecule has 0 saturated carbocycles. The van der Waals surface area contributed by atoms with Crippen molar-refractivity contribution in [3.63, 3.8) is 0 Å². The Kier molecular flexibility index (Phi) is 3.72. The second-order valence-corrected chi connectivity index (χ2v) is 5.43. The van der Waals surface area contributed by atoms with Gasteiger partial charge in [0.1, 0.15) is 5.01 Å². The van der Waals surface area contributed by atoms with E-state index >= 15 is 0 Å². The number of fused-ring (bicyclic) bond motifs is 1. The van der Waals surface area contributed by atoms with Crippen molar-refractivity contribution in [2.24, 2.45) is 0 Å². The van der Waals surface area contributed by atoms with Crippen LogP contribution in [0, 0.1) is 0 Å². The molecule has 0 amide bonds. The van der Waals surface area contributed by atoms with Gasteiger partial charge in [0.2, 0.25) is 0 Å². The molecule has 80 valence electrons. The highest BCUT2D eigenvalue weighted by Gasteiger charge is 2.03. The average Bonchev–Trinajstić information content (AvgIpc) is 2.60. The molecular weight excluding hydrogens is 272 g/mol. The van der Waals surface area contributed by atoms with Crippen molar-refractivity contribution in [2.45, 2.75) is 19.9 Å². The van der Waals surface area contributed by atoms with Crippen LogP contribution in [0.4, 0.5) is 0 Å². The monoisotopic (exact) mass is 284 g/mol. The van der Waals surface area contributed by atoms with E-state index in [1.165, 1.54) is 4.70 Å². The maximum absolute atomic E-state index is 4.56. The van der Waals surface area contributed by atoms with Crippen LogP contribution in [-0.2, 0) is 6.54 Å². The Balaban J connectivity index is 2.16. The first kappa shape index (κ1) is 11.0. The SMILES string of the molecule is CCCNCc1nc2ccc(Br)cc2s1. The van der Waals surface area contributed by atoms with Crippen LogP contribution >= 0.6 is 27.3 Å². The second-order valence-electron chi connectivity index (χ2n) is 3.40. The first-order chi connectivity index (χ1) is 7.29. The molecule has 0 radical (unpaired) electrons. The molecule has 0 bridgehead atoms. The molecule has 0 saturated heterocycles. The van der Waals surface area contributed by atoms with E-state index in [0.29, 0.717) is 0 Å². The quantitative estimate of drug-likeness (QED) is 0.869. The van der Waals surface area contributed by atoms with Gasteiger partial charge in [0, 0.05) is 11.0 Å². The lowest BCUT2D eigenvalue weighted by Gasteiger charge is -1.96. The fraction of sp³-hybridized carbons (Fsp3) is 0.364. The first-order valence-electron chi connectivity index (χ1n) is 5.05. The highest BCUT2D eigenvalue weighted by atomic mass is 79.9. The standard InChI is InChI=1S/C11H13BrN2S/c1-2-5-13-7-11-14-9-4-3-8(12)6-10(9)15-11/h3-4,6,13H,2,5,7H2,1H3. The van der Waals surface area contributed by atoms with Gasteiger partial charge >= 0.3 is 0 Å². The number of benzene rings is 1. The minimum atomic E-state index is 0.880. The van der Waals surface area contributed by atoms with Crippen molar-refractivity contribution >= 4 is 37.5 Å². The molecule has 0 atom stereocenters. The zero-order valence-electron chi connectivity index (χ0n) is 8.59. The van der Waals surface area contributed by atoms with Gasteiger partial charge in [-0.2, -0.15) is 0 Å². The Morgan fingerprint density at radius 1 is 1.47 bits per heavy atom. The third-order valence-corrected chi connectivity index (χ3v) is 3.61. The molecule has 1 N–H and O–H groups in total. The van der Waals surface area contributed by atoms with Crippen LogP contribution in [0.1, 0.15) is 18.4 Å². The Morgan fingerprint density at radius 2 is 2.33 bits per heavy atom. The fourth-order valence-electron chi connectivity index (χ4n) is 1.39. The molecule has 1 aromatic carbocycles. The van der Waals surface area contributed by atoms with Crippen LogP contribution in [-0.4, -0.2) is 11.5 Å². The van der Waals surface area contributed by atoms with Gasteiger partial charge in [-0.05, 0) is 31.2 Å². The van der Waals surface area contributed by atoms with E-state index in [0.717, 1.165) is 34.5 Å². The Hall–Kier alpha value is -0.450. The molecule has 0 spiro atoms. The van der Waals surface area contributed by atoms with E-state index in [2.05, 4.69) is 45.3 Å². The lowest BCUT2D eigenvalue weighted by molar-refractivity contribution is 0.673. The van der Waals surface area contributed by atoms with Crippen LogP contribution in [0.3, 0.4) is 0 Å². The van der Waals surface area contributed by atoms with E-state index in [9.17, 15) is 0 Å². The van der Waals surface area contributed by atoms with Crippen molar-refractivity contribution in [3.8, 4) is 0 Å². The largest absolute Gasteiger partial charge is 0.310 e. The molecule has 2 nitrogen and oxygen atoms in total. The van der Waals surface area contributed by atoms with Gasteiger partial charge in [0.25, 0.3) is 0 Å². The summed E-state index contributed by atoms with van der Waals surface area (Å²) in [6.07, 6.45) is 1.16. The summed E-state index contributed by atoms with van der Waals surface area (Å²) in [4.78, 5) is 4.56. The molecule has 2 rings (SSSR count). The normalized spacial score (nSPS) is 11.1. The summed E-state index contributed by atoms with van der Waals surface area (Å²) < 4.78 is 2.37. The maximum Gasteiger partial charge on any atom is 0.108 e. The molecule has 0 aliphatic heterocycles. The predicted molar refractivity (Wildman–Crippen MR) is 69.3 cm³/mol. The first-order valence-corrected chi connectivity index (χ1v) is 6.66. The van der Waals surface area contributed by atoms with Gasteiger partial charge in [-0.3, -0.25) is 0 Å². The number of thiazole rings is 1. The van der Waals surface area contributed by atoms with E-state index in [-0.39, 0.29) is 0 Å². The summed E-state index contributed by atoms with van der Waals surface area (Å²) in [5.74, 6) is 0. The van der Waals surface area contributed by atoms with Gasteiger partial charge in [-0.15, -0.1) is 11.3 Å². The van der Waals surface area contributed by atoms with Crippen LogP contribution in [0.2, 0.25) is 0 Å². The van der Waals surface area contributed by atoms with Crippen molar-refractivity contribution in [1.82, 2.24) is 10.3 Å². The third kappa shape index (κ3) is 2.77. The zero-order chi connectivity index (χ0) is 10.7. The van der Waals surface area contributed by atoms with Gasteiger partial charge in [0.15, 0.2) is 0 Å². The van der Waals surface area contributed by atoms with Gasteiger partial charge in [-0.1, -0.05) is 22.9 Å². The number of hydrogen-bond donors (Lipinski definition) is 1. The maximum atomic E-state index is 4.56. The Labute approximate surface area is 102 Å². The lowest BCUT2D eigenvalue weighted by Crippen LogP contribution is -2.13. The number of nitrogens with zero attached hydrogens (tertiary/aromatic N) is 1. The lowest BCUT2D eigenvalue weighted by atomic mass is 10.3. The minimum absolute atomic E-state index is 0.880. The Morgan fingerprint density at radius 3 is 3.13 bits per heavy atom. The van der Waals surface area contributed by atoms with Gasteiger partial charge < -0.3 is 5.32 Å². The van der Waals surface area contributed by atoms with Crippen molar-refractivity contribution in [1.29, 1.82) is 0 Å². The van der Waals surface area contributed by atoms with Crippen LogP contribution in [0.5, 0.6) is 0 Å². The third-order valence-electron chi connectivity index (χ3n) is 2.10. The number of halogens is 1. The van der Waals surface area contributed by atoms with Gasteiger partial charge in [-0.25, -0.2) is 4.98 Å². The van der Waals surface area contributed by atoms with E-state index in [1.54, 1.807) is 11.3 Å². The molecule has 0 unspecified atom stereocenters. The molecule has 15 heavy (non-hydrogen) atoms. The molecule has 1 aromatic heterocycles. The van der Waals surface area contributed by atoms with E-state index in [1.807, 2.05) is 6.07 Å². The van der Waals surface area contributed by atoms with Crippen LogP contribution in [0.25, 0.3) is 10.2 Å². The minimum Gasteiger partial charge on any atom is -0.310 e. The predicted octanol–water partition coefficient (Wildman–Crippen LogP) is 3.56. The highest BCUT2D eigenvalue weighted by Crippen LogP contribution is 2.25. The zero-order valence-corrected chi connectivity index (χ0v) is 11.0. The van der Waals surface area contributed by atoms with Crippen molar-refractivity contribution in [2.75, 3.05) is 6.54 Å². The van der Waals surface area contributed by atoms with Crippen LogP contribution < -0.4 is 5.32 Å². The van der Waals surface area contributed by atoms with Gasteiger partial charge in [0.05, 0.1) is 10.2 Å². The summed E-state index contributed by atoms with van der Waals surface area (Å²) in [6, 6.07) is 6.21. The summed E-state index contributed by atoms with van der Waals surface area (Å²) in [7, 11) is 0. The van der Waals surface area contributed by atoms with Crippen molar-refractivity contribution < 1.29 is 0 Å². The molecule has 2 aromatic rings. The number of hydrogen-bond acceptors (Lipinski definition) is 3. The van der Waals surface area contributed by atoms with Crippen molar-refractivity contribution in [3.05, 3.63) is 27.7 Å². The molecule has 0 aliphatic rings. The highest BCUT2D eigenvalue weighted by molar-refractivity contribution is 9.10. The van der Waals surface area contributed by atoms with E-state index < -0.39 is 0 Å². The summed E-state index contributed by atoms with van der Waals surface area (Å²) in [5.41, 5.74) is 1.09. The Bertz CT molecular complexity index is 453. The number of nitrogens with one attached hydrogen (secondary N) is 1. The molecule has 0 fully saturated rings. The van der Waals surface area contributed by atoms with E-state index in [4.69, 9.17) is 0 Å². The number of rotatable bonds is 4. The van der Waals surface area contributed by atoms with Crippen LogP contribution in [0.15, 0.2) is 22.7 Å². The second kappa shape index (κ2) is 5.05. The topological polar surface area (TPSA) is 24.9 Å². The smallest absolute Gasteiger partial charge is 0.108 e.